The van der Waals surface area contributed by atoms with Gasteiger partial charge in [0.1, 0.15) is 18.8 Å². The van der Waals surface area contributed by atoms with Gasteiger partial charge < -0.3 is 33.2 Å². The largest absolute Gasteiger partial charge is 0.463 e. The third-order valence-corrected chi connectivity index (χ3v) is 9.09. The van der Waals surface area contributed by atoms with E-state index in [1.165, 1.54) is 6.92 Å². The van der Waals surface area contributed by atoms with Gasteiger partial charge in [0.05, 0.1) is 12.6 Å². The number of ether oxygens (including phenoxy) is 7. The first-order valence-corrected chi connectivity index (χ1v) is 14.7. The molecule has 0 aromatic carbocycles. The molecule has 0 aromatic rings. The highest BCUT2D eigenvalue weighted by Gasteiger charge is 2.64. The van der Waals surface area contributed by atoms with Crippen molar-refractivity contribution in [3.8, 4) is 0 Å². The van der Waals surface area contributed by atoms with Crippen LogP contribution in [0.4, 0.5) is 0 Å². The third kappa shape index (κ3) is 5.88. The molecule has 2 saturated carbocycles. The summed E-state index contributed by atoms with van der Waals surface area (Å²) >= 11 is 0. The van der Waals surface area contributed by atoms with Gasteiger partial charge in [-0.1, -0.05) is 18.7 Å². The Morgan fingerprint density at radius 1 is 0.955 bits per heavy atom. The van der Waals surface area contributed by atoms with Gasteiger partial charge in [0.15, 0.2) is 30.1 Å². The Bertz CT molecular complexity index is 1280. The summed E-state index contributed by atoms with van der Waals surface area (Å²) in [5.74, 6) is -3.85. The quantitative estimate of drug-likeness (QED) is 0.231. The van der Waals surface area contributed by atoms with Gasteiger partial charge in [0, 0.05) is 46.0 Å². The number of allylic oxidation sites excluding steroid dienone is 1. The summed E-state index contributed by atoms with van der Waals surface area (Å²) in [5.41, 5.74) is 0.610. The van der Waals surface area contributed by atoms with Gasteiger partial charge >= 0.3 is 29.8 Å². The molecule has 44 heavy (non-hydrogen) atoms. The molecule has 1 spiro atoms. The number of azo groups is 1. The highest BCUT2D eigenvalue weighted by atomic mass is 16.7. The maximum Gasteiger partial charge on any atom is 0.336 e. The van der Waals surface area contributed by atoms with Crippen LogP contribution in [0.2, 0.25) is 0 Å². The summed E-state index contributed by atoms with van der Waals surface area (Å²) in [6.07, 6.45) is -5.45. The van der Waals surface area contributed by atoms with Crippen molar-refractivity contribution >= 4 is 29.8 Å². The Kier molecular flexibility index (Phi) is 8.94. The van der Waals surface area contributed by atoms with Crippen molar-refractivity contribution in [3.05, 3.63) is 24.3 Å². The molecule has 14 nitrogen and oxygen atoms in total. The minimum absolute atomic E-state index is 0.130. The standard InChI is InChI=1S/C30H38N2O12/c1-13-7-8-20-24(44-29(37)30(20)9-10-31-32-30)23-14(2)21(11-19(13)23)42-28-27(41-18(6)36)26(40-17(5)35)25(39-16(4)34)22(43-28)12-38-15(3)33/h19-28H,1-2,7-12H2,3-6H3. The zero-order valence-electron chi connectivity index (χ0n) is 25.2. The van der Waals surface area contributed by atoms with Crippen molar-refractivity contribution in [2.24, 2.45) is 28.0 Å². The molecule has 14 heteroatoms. The van der Waals surface area contributed by atoms with E-state index >= 15 is 0 Å². The molecule has 0 bridgehead atoms. The molecule has 0 N–H and O–H groups in total. The van der Waals surface area contributed by atoms with E-state index in [0.717, 1.165) is 26.3 Å². The lowest BCUT2D eigenvalue weighted by molar-refractivity contribution is -0.314. The van der Waals surface area contributed by atoms with Crippen molar-refractivity contribution in [1.29, 1.82) is 0 Å². The van der Waals surface area contributed by atoms with Crippen molar-refractivity contribution < 1.29 is 57.1 Å². The highest BCUT2D eigenvalue weighted by molar-refractivity contribution is 5.84. The number of rotatable bonds is 7. The maximum atomic E-state index is 13.1. The molecule has 4 fully saturated rings. The molecule has 3 heterocycles. The zero-order chi connectivity index (χ0) is 31.9. The van der Waals surface area contributed by atoms with Crippen molar-refractivity contribution in [1.82, 2.24) is 0 Å². The fraction of sp³-hybridized carbons (Fsp3) is 0.700. The van der Waals surface area contributed by atoms with E-state index in [2.05, 4.69) is 23.4 Å². The monoisotopic (exact) mass is 618 g/mol. The van der Waals surface area contributed by atoms with E-state index in [-0.39, 0.29) is 30.3 Å². The molecule has 0 radical (unpaired) electrons. The van der Waals surface area contributed by atoms with Crippen molar-refractivity contribution in [3.63, 3.8) is 0 Å². The van der Waals surface area contributed by atoms with Gasteiger partial charge in [-0.3, -0.25) is 19.2 Å². The number of carbonyl (C=O) groups is 5. The number of nitrogens with zero attached hydrogens (tertiary/aromatic N) is 2. The Morgan fingerprint density at radius 2 is 1.61 bits per heavy atom. The summed E-state index contributed by atoms with van der Waals surface area (Å²) in [5, 5.41) is 8.49. The van der Waals surface area contributed by atoms with Gasteiger partial charge in [0.25, 0.3) is 0 Å². The summed E-state index contributed by atoms with van der Waals surface area (Å²) in [4.78, 5) is 61.2. The van der Waals surface area contributed by atoms with E-state index in [9.17, 15) is 24.0 Å². The van der Waals surface area contributed by atoms with Crippen LogP contribution >= 0.6 is 0 Å². The Labute approximate surface area is 254 Å². The van der Waals surface area contributed by atoms with Crippen LogP contribution in [-0.2, 0) is 57.1 Å². The first kappa shape index (κ1) is 31.8. The predicted molar refractivity (Wildman–Crippen MR) is 146 cm³/mol. The van der Waals surface area contributed by atoms with E-state index < -0.39 is 72.3 Å². The Morgan fingerprint density at radius 3 is 2.23 bits per heavy atom. The topological polar surface area (TPSA) is 175 Å². The normalized spacial score (nSPS) is 39.2. The smallest absolute Gasteiger partial charge is 0.336 e. The van der Waals surface area contributed by atoms with E-state index in [4.69, 9.17) is 33.2 Å². The number of hydrogen-bond acceptors (Lipinski definition) is 14. The van der Waals surface area contributed by atoms with E-state index in [1.807, 2.05) is 0 Å². The fourth-order valence-electron chi connectivity index (χ4n) is 7.30. The van der Waals surface area contributed by atoms with Crippen LogP contribution in [0.25, 0.3) is 0 Å². The van der Waals surface area contributed by atoms with Crippen LogP contribution in [0.3, 0.4) is 0 Å². The molecule has 2 aliphatic carbocycles. The average molecular weight is 619 g/mol. The minimum atomic E-state index is -1.37. The molecule has 0 amide bonds. The van der Waals surface area contributed by atoms with Crippen LogP contribution < -0.4 is 0 Å². The number of fused-ring (bicyclic) bond motifs is 4. The van der Waals surface area contributed by atoms with Gasteiger partial charge in [-0.05, 0) is 30.8 Å². The molecule has 11 atom stereocenters. The summed E-state index contributed by atoms with van der Waals surface area (Å²) in [6.45, 7) is 13.4. The van der Waals surface area contributed by atoms with Crippen LogP contribution in [0.1, 0.15) is 53.4 Å². The lowest BCUT2D eigenvalue weighted by atomic mass is 9.75. The number of esters is 5. The molecule has 5 aliphatic rings. The SMILES string of the molecule is C=C1CCC2C(OC(=O)C23CCN=N3)C2C(=C)C(OC3OC(COC(C)=O)C(OC(C)=O)C(OC(C)=O)C3OC(C)=O)CC12. The first-order chi connectivity index (χ1) is 20.8. The van der Waals surface area contributed by atoms with Gasteiger partial charge in [-0.15, -0.1) is 0 Å². The molecular formula is C30H38N2O12. The predicted octanol–water partition coefficient (Wildman–Crippen LogP) is 2.13. The van der Waals surface area contributed by atoms with E-state index in [1.54, 1.807) is 0 Å². The maximum absolute atomic E-state index is 13.1. The Hall–Kier alpha value is -3.65. The first-order valence-electron chi connectivity index (χ1n) is 14.7. The number of carbonyl (C=O) groups excluding carboxylic acids is 5. The van der Waals surface area contributed by atoms with Crippen molar-refractivity contribution in [2.75, 3.05) is 13.2 Å². The lowest BCUT2D eigenvalue weighted by Gasteiger charge is -2.44. The van der Waals surface area contributed by atoms with Gasteiger partial charge in [-0.25, -0.2) is 4.79 Å². The molecule has 240 valence electrons. The second kappa shape index (κ2) is 12.4. The fourth-order valence-corrected chi connectivity index (χ4v) is 7.30. The van der Waals surface area contributed by atoms with Gasteiger partial charge in [0.2, 0.25) is 0 Å². The average Bonchev–Trinajstić information content (AvgIpc) is 3.59. The summed E-state index contributed by atoms with van der Waals surface area (Å²) < 4.78 is 40.3. The van der Waals surface area contributed by atoms with Crippen LogP contribution in [0, 0.1) is 17.8 Å². The van der Waals surface area contributed by atoms with Gasteiger partial charge in [-0.2, -0.15) is 10.2 Å². The minimum Gasteiger partial charge on any atom is -0.463 e. The molecular weight excluding hydrogens is 580 g/mol. The molecule has 11 unspecified atom stereocenters. The third-order valence-electron chi connectivity index (χ3n) is 9.09. The molecule has 2 saturated heterocycles. The van der Waals surface area contributed by atoms with Crippen LogP contribution in [0.15, 0.2) is 34.5 Å². The second-order valence-electron chi connectivity index (χ2n) is 11.9. The number of hydrogen-bond donors (Lipinski definition) is 0. The summed E-state index contributed by atoms with van der Waals surface area (Å²) in [6, 6.07) is 0. The molecule has 3 aliphatic heterocycles. The van der Waals surface area contributed by atoms with Crippen molar-refractivity contribution in [2.45, 2.75) is 102 Å². The molecule has 5 rings (SSSR count). The second-order valence-corrected chi connectivity index (χ2v) is 11.9. The zero-order valence-corrected chi connectivity index (χ0v) is 25.2. The Balaban J connectivity index is 1.45. The lowest BCUT2D eigenvalue weighted by Crippen LogP contribution is -2.63. The highest BCUT2D eigenvalue weighted by Crippen LogP contribution is 2.56. The molecule has 0 aromatic heterocycles. The van der Waals surface area contributed by atoms with Crippen LogP contribution in [0.5, 0.6) is 0 Å². The van der Waals surface area contributed by atoms with E-state index in [0.29, 0.717) is 37.8 Å². The van der Waals surface area contributed by atoms with Crippen LogP contribution in [-0.4, -0.2) is 91.5 Å². The summed E-state index contributed by atoms with van der Waals surface area (Å²) in [7, 11) is 0.